The number of aromatic nitrogens is 3. The molecular weight excluding hydrogens is 376 g/mol. The summed E-state index contributed by atoms with van der Waals surface area (Å²) in [4.78, 5) is 19.8. The van der Waals surface area contributed by atoms with Crippen molar-refractivity contribution in [2.45, 2.75) is 66.0 Å². The van der Waals surface area contributed by atoms with E-state index in [0.29, 0.717) is 24.4 Å². The van der Waals surface area contributed by atoms with E-state index in [0.717, 1.165) is 46.9 Å². The van der Waals surface area contributed by atoms with Crippen molar-refractivity contribution in [3.8, 4) is 17.0 Å². The Morgan fingerprint density at radius 1 is 1.17 bits per heavy atom. The van der Waals surface area contributed by atoms with E-state index in [9.17, 15) is 4.79 Å². The number of ether oxygens (including phenoxy) is 1. The molecule has 2 aromatic heterocycles. The fourth-order valence-corrected chi connectivity index (χ4v) is 4.56. The largest absolute Gasteiger partial charge is 0.494 e. The summed E-state index contributed by atoms with van der Waals surface area (Å²) < 4.78 is 7.42. The maximum Gasteiger partial charge on any atom is 0.182 e. The van der Waals surface area contributed by atoms with Gasteiger partial charge >= 0.3 is 0 Å². The fourth-order valence-electron chi connectivity index (χ4n) is 4.56. The smallest absolute Gasteiger partial charge is 0.182 e. The summed E-state index contributed by atoms with van der Waals surface area (Å²) in [6.07, 6.45) is 3.42. The zero-order valence-electron chi connectivity index (χ0n) is 18.5. The number of nitrogens with zero attached hydrogens (tertiary/aromatic N) is 4. The third-order valence-electron chi connectivity index (χ3n) is 5.94. The second-order valence-corrected chi connectivity index (χ2v) is 8.27. The summed E-state index contributed by atoms with van der Waals surface area (Å²) in [5.41, 5.74) is 4.97. The van der Waals surface area contributed by atoms with E-state index in [1.54, 1.807) is 6.92 Å². The number of hydrogen-bond donors (Lipinski definition) is 0. The molecule has 1 fully saturated rings. The van der Waals surface area contributed by atoms with Gasteiger partial charge in [-0.2, -0.15) is 5.10 Å². The van der Waals surface area contributed by atoms with Crippen molar-refractivity contribution in [3.63, 3.8) is 0 Å². The topological polar surface area (TPSA) is 59.7 Å². The van der Waals surface area contributed by atoms with Crippen LogP contribution in [-0.4, -0.2) is 39.1 Å². The quantitative estimate of drug-likeness (QED) is 0.554. The molecule has 2 atom stereocenters. The summed E-state index contributed by atoms with van der Waals surface area (Å²) in [7, 11) is 0. The van der Waals surface area contributed by atoms with Crippen LogP contribution in [0.25, 0.3) is 16.9 Å². The van der Waals surface area contributed by atoms with Gasteiger partial charge in [-0.1, -0.05) is 0 Å². The summed E-state index contributed by atoms with van der Waals surface area (Å²) in [6.45, 7) is 10.6. The first-order valence-electron chi connectivity index (χ1n) is 10.8. The number of carbonyl (C=O) groups is 1. The SMILES string of the molecule is CCOc1ccc(-c2cc(C)nc3c(N4C(C)CCCC4C)c(C(C)=O)nn23)cc1. The monoisotopic (exact) mass is 406 g/mol. The maximum atomic E-state index is 12.6. The average Bonchev–Trinajstić information content (AvgIpc) is 3.08. The van der Waals surface area contributed by atoms with Crippen molar-refractivity contribution in [1.82, 2.24) is 14.6 Å². The van der Waals surface area contributed by atoms with E-state index in [2.05, 4.69) is 18.7 Å². The van der Waals surface area contributed by atoms with Crippen LogP contribution in [0.1, 0.15) is 63.1 Å². The van der Waals surface area contributed by atoms with Crippen LogP contribution in [0, 0.1) is 6.92 Å². The Morgan fingerprint density at radius 2 is 1.83 bits per heavy atom. The number of Topliss-reactive ketones (excluding diaryl/α,β-unsaturated/α-hetero) is 1. The van der Waals surface area contributed by atoms with Gasteiger partial charge in [0.25, 0.3) is 0 Å². The van der Waals surface area contributed by atoms with Gasteiger partial charge in [0.05, 0.1) is 12.3 Å². The fraction of sp³-hybridized carbons (Fsp3) is 0.458. The highest BCUT2D eigenvalue weighted by atomic mass is 16.5. The summed E-state index contributed by atoms with van der Waals surface area (Å²) >= 11 is 0. The van der Waals surface area contributed by atoms with Gasteiger partial charge in [-0.3, -0.25) is 4.79 Å². The number of ketones is 1. The number of anilines is 1. The molecule has 1 saturated heterocycles. The average molecular weight is 407 g/mol. The van der Waals surface area contributed by atoms with Gasteiger partial charge in [0.1, 0.15) is 11.4 Å². The molecule has 0 N–H and O–H groups in total. The normalized spacial score (nSPS) is 19.3. The van der Waals surface area contributed by atoms with Crippen LogP contribution in [0.2, 0.25) is 0 Å². The Morgan fingerprint density at radius 3 is 2.43 bits per heavy atom. The van der Waals surface area contributed by atoms with E-state index in [1.165, 1.54) is 6.42 Å². The lowest BCUT2D eigenvalue weighted by Crippen LogP contribution is -2.44. The minimum atomic E-state index is -0.0317. The number of benzene rings is 1. The van der Waals surface area contributed by atoms with E-state index >= 15 is 0 Å². The molecule has 0 amide bonds. The van der Waals surface area contributed by atoms with Gasteiger partial charge in [-0.15, -0.1) is 0 Å². The number of fused-ring (bicyclic) bond motifs is 1. The third kappa shape index (κ3) is 3.55. The van der Waals surface area contributed by atoms with Crippen molar-refractivity contribution >= 4 is 17.1 Å². The highest BCUT2D eigenvalue weighted by Crippen LogP contribution is 2.36. The highest BCUT2D eigenvalue weighted by molar-refractivity contribution is 6.01. The van der Waals surface area contributed by atoms with Crippen LogP contribution in [0.5, 0.6) is 5.75 Å². The molecular formula is C24H30N4O2. The van der Waals surface area contributed by atoms with E-state index in [4.69, 9.17) is 14.8 Å². The van der Waals surface area contributed by atoms with Crippen molar-refractivity contribution < 1.29 is 9.53 Å². The number of piperidine rings is 1. The Kier molecular flexibility index (Phi) is 5.50. The van der Waals surface area contributed by atoms with Crippen LogP contribution in [0.3, 0.4) is 0 Å². The van der Waals surface area contributed by atoms with Crippen molar-refractivity contribution in [1.29, 1.82) is 0 Å². The van der Waals surface area contributed by atoms with Crippen LogP contribution in [0.4, 0.5) is 5.69 Å². The second kappa shape index (κ2) is 8.09. The Labute approximate surface area is 177 Å². The lowest BCUT2D eigenvalue weighted by Gasteiger charge is -2.40. The first kappa shape index (κ1) is 20.4. The predicted octanol–water partition coefficient (Wildman–Crippen LogP) is 5.07. The zero-order chi connectivity index (χ0) is 21.4. The van der Waals surface area contributed by atoms with Crippen LogP contribution in [0.15, 0.2) is 30.3 Å². The minimum absolute atomic E-state index is 0.0317. The molecule has 30 heavy (non-hydrogen) atoms. The molecule has 3 heterocycles. The van der Waals surface area contributed by atoms with Gasteiger partial charge in [0.15, 0.2) is 17.1 Å². The number of carbonyl (C=O) groups excluding carboxylic acids is 1. The standard InChI is InChI=1S/C24H30N4O2/c1-6-30-20-12-10-19(11-13-20)21-14-15(2)25-24-23(22(18(5)29)26-28(21)24)27-16(3)8-7-9-17(27)4/h10-14,16-17H,6-9H2,1-5H3. The molecule has 1 aliphatic heterocycles. The van der Waals surface area contributed by atoms with Crippen molar-refractivity contribution in [3.05, 3.63) is 41.7 Å². The maximum absolute atomic E-state index is 12.6. The molecule has 4 rings (SSSR count). The van der Waals surface area contributed by atoms with Crippen LogP contribution >= 0.6 is 0 Å². The Balaban J connectivity index is 1.93. The third-order valence-corrected chi connectivity index (χ3v) is 5.94. The predicted molar refractivity (Wildman–Crippen MR) is 120 cm³/mol. The Hall–Kier alpha value is -2.89. The molecule has 0 aliphatic carbocycles. The summed E-state index contributed by atoms with van der Waals surface area (Å²) in [5.74, 6) is 0.806. The van der Waals surface area contributed by atoms with Gasteiger partial charge in [0.2, 0.25) is 0 Å². The zero-order valence-corrected chi connectivity index (χ0v) is 18.5. The molecule has 1 aliphatic rings. The molecule has 0 bridgehead atoms. The van der Waals surface area contributed by atoms with Crippen LogP contribution in [-0.2, 0) is 0 Å². The molecule has 158 valence electrons. The molecule has 6 heteroatoms. The summed E-state index contributed by atoms with van der Waals surface area (Å²) in [5, 5.41) is 4.76. The minimum Gasteiger partial charge on any atom is -0.494 e. The van der Waals surface area contributed by atoms with Crippen molar-refractivity contribution in [2.75, 3.05) is 11.5 Å². The van der Waals surface area contributed by atoms with E-state index < -0.39 is 0 Å². The van der Waals surface area contributed by atoms with E-state index in [-0.39, 0.29) is 5.78 Å². The first-order chi connectivity index (χ1) is 14.4. The lowest BCUT2D eigenvalue weighted by molar-refractivity contribution is 0.101. The van der Waals surface area contributed by atoms with Gasteiger partial charge < -0.3 is 9.64 Å². The van der Waals surface area contributed by atoms with Crippen molar-refractivity contribution in [2.24, 2.45) is 0 Å². The van der Waals surface area contributed by atoms with Crippen LogP contribution < -0.4 is 9.64 Å². The lowest BCUT2D eigenvalue weighted by atomic mass is 9.96. The number of hydrogen-bond acceptors (Lipinski definition) is 5. The molecule has 2 unspecified atom stereocenters. The van der Waals surface area contributed by atoms with Gasteiger partial charge in [-0.25, -0.2) is 9.50 Å². The first-order valence-corrected chi connectivity index (χ1v) is 10.8. The molecule has 1 aromatic carbocycles. The Bertz CT molecular complexity index is 1060. The van der Waals surface area contributed by atoms with E-state index in [1.807, 2.05) is 48.7 Å². The number of aryl methyl sites for hydroxylation is 1. The van der Waals surface area contributed by atoms with Gasteiger partial charge in [0, 0.05) is 30.3 Å². The molecule has 3 aromatic rings. The number of rotatable bonds is 5. The molecule has 0 saturated carbocycles. The van der Waals surface area contributed by atoms with Gasteiger partial charge in [-0.05, 0) is 77.3 Å². The molecule has 0 radical (unpaired) electrons. The highest BCUT2D eigenvalue weighted by Gasteiger charge is 2.32. The molecule has 0 spiro atoms. The molecule has 6 nitrogen and oxygen atoms in total. The second-order valence-electron chi connectivity index (χ2n) is 8.27. The summed E-state index contributed by atoms with van der Waals surface area (Å²) in [6, 6.07) is 10.7.